The van der Waals surface area contributed by atoms with Gasteiger partial charge in [0.05, 0.1) is 12.7 Å². The van der Waals surface area contributed by atoms with Crippen LogP contribution in [0.1, 0.15) is 34.7 Å². The van der Waals surface area contributed by atoms with Gasteiger partial charge in [0.15, 0.2) is 6.61 Å². The van der Waals surface area contributed by atoms with Crippen molar-refractivity contribution in [2.45, 2.75) is 24.9 Å². The lowest BCUT2D eigenvalue weighted by Crippen LogP contribution is -2.19. The summed E-state index contributed by atoms with van der Waals surface area (Å²) in [7, 11) is 1.19. The molecule has 1 aromatic rings. The number of hydrogen-bond acceptors (Lipinski definition) is 4. The topological polar surface area (TPSA) is 44.8 Å². The Bertz CT molecular complexity index is 495. The fraction of sp³-hybridized carbons (Fsp3) is 0.462. The first-order valence-electron chi connectivity index (χ1n) is 5.99. The summed E-state index contributed by atoms with van der Waals surface area (Å²) in [4.78, 5) is 20.1. The molecule has 0 heterocycles. The lowest BCUT2D eigenvalue weighted by atomic mass is 10.1. The fourth-order valence-electron chi connectivity index (χ4n) is 1.80. The number of carbonyl (C=O) groups excluding carboxylic acids is 1. The second-order valence-corrected chi connectivity index (χ2v) is 4.47. The Morgan fingerprint density at radius 2 is 2.05 bits per heavy atom. The smallest absolute Gasteiger partial charge is 0.422 e. The first-order chi connectivity index (χ1) is 9.40. The van der Waals surface area contributed by atoms with Gasteiger partial charge in [0.1, 0.15) is 5.75 Å². The van der Waals surface area contributed by atoms with Gasteiger partial charge in [-0.05, 0) is 42.5 Å². The summed E-state index contributed by atoms with van der Waals surface area (Å²) in [6, 6.07) is 4.19. The van der Waals surface area contributed by atoms with Crippen LogP contribution in [0.25, 0.3) is 0 Å². The van der Waals surface area contributed by atoms with Crippen molar-refractivity contribution >= 4 is 5.97 Å². The number of rotatable bonds is 5. The van der Waals surface area contributed by atoms with Gasteiger partial charge >= 0.3 is 12.1 Å². The molecule has 1 saturated carbocycles. The Morgan fingerprint density at radius 3 is 2.60 bits per heavy atom. The lowest BCUT2D eigenvalue weighted by Gasteiger charge is -2.13. The van der Waals surface area contributed by atoms with Crippen LogP contribution in [0, 0.1) is 0 Å². The summed E-state index contributed by atoms with van der Waals surface area (Å²) < 4.78 is 41.3. The van der Waals surface area contributed by atoms with Gasteiger partial charge in [-0.15, -0.1) is 0 Å². The van der Waals surface area contributed by atoms with Gasteiger partial charge in [-0.1, -0.05) is 0 Å². The quantitative estimate of drug-likeness (QED) is 0.617. The van der Waals surface area contributed by atoms with Crippen molar-refractivity contribution in [1.82, 2.24) is 0 Å². The highest BCUT2D eigenvalue weighted by Crippen LogP contribution is 2.45. The van der Waals surface area contributed by atoms with E-state index in [-0.39, 0.29) is 17.2 Å². The van der Waals surface area contributed by atoms with Gasteiger partial charge in [0.2, 0.25) is 0 Å². The van der Waals surface area contributed by atoms with Gasteiger partial charge in [0, 0.05) is 0 Å². The normalized spacial score (nSPS) is 15.0. The van der Waals surface area contributed by atoms with E-state index >= 15 is 0 Å². The Hall–Kier alpha value is -1.76. The largest absolute Gasteiger partial charge is 0.484 e. The molecular formula is C13H13F3O4. The fourth-order valence-corrected chi connectivity index (χ4v) is 1.80. The van der Waals surface area contributed by atoms with E-state index in [9.17, 15) is 18.0 Å². The molecular weight excluding hydrogens is 277 g/mol. The number of halogens is 3. The molecule has 0 N–H and O–H groups in total. The average molecular weight is 290 g/mol. The first-order valence-corrected chi connectivity index (χ1v) is 5.99. The summed E-state index contributed by atoms with van der Waals surface area (Å²) in [5, 5.41) is 0. The number of ether oxygens (including phenoxy) is 1. The van der Waals surface area contributed by atoms with Crippen LogP contribution in [-0.4, -0.2) is 25.9 Å². The van der Waals surface area contributed by atoms with E-state index in [1.165, 1.54) is 25.3 Å². The monoisotopic (exact) mass is 290 g/mol. The molecule has 0 spiro atoms. The van der Waals surface area contributed by atoms with Crippen molar-refractivity contribution in [2.24, 2.45) is 0 Å². The average Bonchev–Trinajstić information content (AvgIpc) is 3.19. The van der Waals surface area contributed by atoms with Gasteiger partial charge < -0.3 is 4.74 Å². The van der Waals surface area contributed by atoms with Crippen molar-refractivity contribution < 1.29 is 32.5 Å². The van der Waals surface area contributed by atoms with E-state index < -0.39 is 18.8 Å². The zero-order chi connectivity index (χ0) is 14.8. The molecule has 110 valence electrons. The van der Waals surface area contributed by atoms with Crippen LogP contribution in [0.15, 0.2) is 18.2 Å². The van der Waals surface area contributed by atoms with Crippen LogP contribution in [0.4, 0.5) is 13.2 Å². The summed E-state index contributed by atoms with van der Waals surface area (Å²) in [5.74, 6) is -0.413. The molecule has 0 amide bonds. The van der Waals surface area contributed by atoms with Gasteiger partial charge in [0.25, 0.3) is 0 Å². The van der Waals surface area contributed by atoms with Crippen LogP contribution < -0.4 is 4.74 Å². The molecule has 1 fully saturated rings. The van der Waals surface area contributed by atoms with E-state index in [0.29, 0.717) is 5.56 Å². The van der Waals surface area contributed by atoms with Crippen LogP contribution in [0.5, 0.6) is 5.75 Å². The summed E-state index contributed by atoms with van der Waals surface area (Å²) in [5.41, 5.74) is 0.813. The second-order valence-electron chi connectivity index (χ2n) is 4.47. The number of carbonyl (C=O) groups is 1. The molecule has 1 aliphatic rings. The Labute approximate surface area is 113 Å². The Kier molecular flexibility index (Phi) is 4.17. The van der Waals surface area contributed by atoms with E-state index in [1.807, 2.05) is 0 Å². The molecule has 0 aliphatic heterocycles. The van der Waals surface area contributed by atoms with Gasteiger partial charge in [-0.3, -0.25) is 4.89 Å². The Morgan fingerprint density at radius 1 is 1.35 bits per heavy atom. The molecule has 0 saturated heterocycles. The number of alkyl halides is 3. The molecule has 0 aromatic heterocycles. The highest BCUT2D eigenvalue weighted by atomic mass is 19.4. The molecule has 0 atom stereocenters. The minimum Gasteiger partial charge on any atom is -0.484 e. The maximum absolute atomic E-state index is 12.2. The first kappa shape index (κ1) is 14.6. The van der Waals surface area contributed by atoms with E-state index in [0.717, 1.165) is 12.8 Å². The molecule has 4 nitrogen and oxygen atoms in total. The van der Waals surface area contributed by atoms with Gasteiger partial charge in [-0.25, -0.2) is 4.79 Å². The van der Waals surface area contributed by atoms with Crippen molar-refractivity contribution in [3.63, 3.8) is 0 Å². The molecule has 1 aliphatic carbocycles. The number of hydrogen-bond donors (Lipinski definition) is 0. The van der Waals surface area contributed by atoms with Crippen LogP contribution in [-0.2, 0) is 9.78 Å². The highest BCUT2D eigenvalue weighted by Gasteiger charge is 2.32. The minimum atomic E-state index is -4.39. The van der Waals surface area contributed by atoms with Crippen LogP contribution >= 0.6 is 0 Å². The van der Waals surface area contributed by atoms with Crippen LogP contribution in [0.2, 0.25) is 0 Å². The third kappa shape index (κ3) is 3.86. The van der Waals surface area contributed by atoms with Crippen molar-refractivity contribution in [3.8, 4) is 5.75 Å². The molecule has 2 rings (SSSR count). The summed E-state index contributed by atoms with van der Waals surface area (Å²) in [6.45, 7) is -1.35. The lowest BCUT2D eigenvalue weighted by molar-refractivity contribution is -0.216. The molecule has 0 bridgehead atoms. The predicted molar refractivity (Wildman–Crippen MR) is 62.4 cm³/mol. The van der Waals surface area contributed by atoms with E-state index in [1.54, 1.807) is 0 Å². The van der Waals surface area contributed by atoms with E-state index in [4.69, 9.17) is 4.74 Å². The highest BCUT2D eigenvalue weighted by molar-refractivity contribution is 5.89. The molecule has 1 aromatic carbocycles. The minimum absolute atomic E-state index is 0.133. The molecule has 7 heteroatoms. The third-order valence-electron chi connectivity index (χ3n) is 2.81. The standard InChI is InChI=1S/C13H13F3O4/c1-18-20-12(17)9-4-5-11(19-7-13(14,15)16)10(6-9)8-2-3-8/h4-6,8H,2-3,7H2,1H3. The second kappa shape index (κ2) is 5.70. The summed E-state index contributed by atoms with van der Waals surface area (Å²) in [6.07, 6.45) is -2.66. The zero-order valence-corrected chi connectivity index (χ0v) is 10.7. The van der Waals surface area contributed by atoms with Crippen LogP contribution in [0.3, 0.4) is 0 Å². The van der Waals surface area contributed by atoms with Gasteiger partial charge in [-0.2, -0.15) is 18.1 Å². The predicted octanol–water partition coefficient (Wildman–Crippen LogP) is 3.22. The molecule has 0 unspecified atom stereocenters. The molecule has 20 heavy (non-hydrogen) atoms. The SMILES string of the molecule is COOC(=O)c1ccc(OCC(F)(F)F)c(C2CC2)c1. The number of benzene rings is 1. The van der Waals surface area contributed by atoms with Crippen molar-refractivity contribution in [2.75, 3.05) is 13.7 Å². The van der Waals surface area contributed by atoms with Crippen molar-refractivity contribution in [3.05, 3.63) is 29.3 Å². The maximum atomic E-state index is 12.2. The molecule has 0 radical (unpaired) electrons. The van der Waals surface area contributed by atoms with E-state index in [2.05, 4.69) is 9.78 Å². The third-order valence-corrected chi connectivity index (χ3v) is 2.81. The zero-order valence-electron chi connectivity index (χ0n) is 10.7. The Balaban J connectivity index is 2.18. The maximum Gasteiger partial charge on any atom is 0.422 e. The van der Waals surface area contributed by atoms with Crippen molar-refractivity contribution in [1.29, 1.82) is 0 Å². The summed E-state index contributed by atoms with van der Waals surface area (Å²) >= 11 is 0.